The van der Waals surface area contributed by atoms with Gasteiger partial charge in [0, 0.05) is 26.3 Å². The molecule has 0 spiro atoms. The maximum Gasteiger partial charge on any atom is 0.303 e. The average Bonchev–Trinajstić information content (AvgIpc) is 2.65. The lowest BCUT2D eigenvalue weighted by atomic mass is 9.96. The highest BCUT2D eigenvalue weighted by Gasteiger charge is 2.50. The van der Waals surface area contributed by atoms with Gasteiger partial charge in [0.1, 0.15) is 18.8 Å². The molecule has 1 heterocycles. The molecule has 1 fully saturated rings. The highest BCUT2D eigenvalue weighted by Crippen LogP contribution is 2.26. The molecule has 1 amide bonds. The number of aliphatic hydroxyl groups is 1. The molecule has 0 bridgehead atoms. The van der Waals surface area contributed by atoms with Gasteiger partial charge in [-0.1, -0.05) is 18.2 Å². The van der Waals surface area contributed by atoms with Crippen molar-refractivity contribution in [3.05, 3.63) is 35.9 Å². The second-order valence-corrected chi connectivity index (χ2v) is 6.38. The van der Waals surface area contributed by atoms with Crippen molar-refractivity contribution in [3.63, 3.8) is 0 Å². The molecule has 5 atom stereocenters. The summed E-state index contributed by atoms with van der Waals surface area (Å²) in [7, 11) is 0. The largest absolute Gasteiger partial charge is 0.463 e. The molecule has 0 radical (unpaired) electrons. The Hall–Kier alpha value is -2.98. The number of nitrogens with one attached hydrogen (secondary N) is 1. The Morgan fingerprint density at radius 2 is 1.55 bits per heavy atom. The van der Waals surface area contributed by atoms with Gasteiger partial charge in [-0.05, 0) is 12.1 Å². The van der Waals surface area contributed by atoms with Crippen molar-refractivity contribution < 1.29 is 43.2 Å². The number of amides is 1. The van der Waals surface area contributed by atoms with Gasteiger partial charge in [-0.15, -0.1) is 0 Å². The number of carbonyl (C=O) groups is 4. The molecule has 0 aliphatic carbocycles. The zero-order chi connectivity index (χ0) is 21.6. The fourth-order valence-electron chi connectivity index (χ4n) is 2.90. The standard InChI is InChI=1S/C19H23NO9/c1-10(21)26-9-14-16(27-11(2)22)17(28-12(3)23)15(19(25)29-14)20-18(24)13-7-5-4-6-8-13/h4-8,14-17,19,25H,9H2,1-3H3,(H,20,24)/t14-,15-,16-,17-,19-/m1/s1. The van der Waals surface area contributed by atoms with Gasteiger partial charge in [-0.25, -0.2) is 0 Å². The van der Waals surface area contributed by atoms with Crippen LogP contribution in [-0.2, 0) is 33.3 Å². The van der Waals surface area contributed by atoms with Crippen molar-refractivity contribution in [2.45, 2.75) is 51.4 Å². The van der Waals surface area contributed by atoms with Crippen LogP contribution in [0.1, 0.15) is 31.1 Å². The third-order valence-electron chi connectivity index (χ3n) is 4.05. The third-order valence-corrected chi connectivity index (χ3v) is 4.05. The zero-order valence-electron chi connectivity index (χ0n) is 16.2. The lowest BCUT2D eigenvalue weighted by Crippen LogP contribution is -2.66. The van der Waals surface area contributed by atoms with Crippen molar-refractivity contribution in [1.82, 2.24) is 5.32 Å². The van der Waals surface area contributed by atoms with Crippen LogP contribution in [-0.4, -0.2) is 66.2 Å². The molecule has 2 N–H and O–H groups in total. The lowest BCUT2D eigenvalue weighted by molar-refractivity contribution is -0.263. The molecule has 10 nitrogen and oxygen atoms in total. The minimum absolute atomic E-state index is 0.298. The SMILES string of the molecule is CC(=O)OC[C@H]1O[C@@H](O)[C@H](NC(=O)c2ccccc2)[C@@H](OC(C)=O)[C@@H]1OC(C)=O. The normalized spacial score (nSPS) is 26.1. The molecule has 158 valence electrons. The van der Waals surface area contributed by atoms with Crippen LogP contribution >= 0.6 is 0 Å². The monoisotopic (exact) mass is 409 g/mol. The first-order chi connectivity index (χ1) is 13.7. The summed E-state index contributed by atoms with van der Waals surface area (Å²) in [6.07, 6.45) is -5.26. The number of esters is 3. The molecular formula is C19H23NO9. The minimum atomic E-state index is -1.63. The van der Waals surface area contributed by atoms with Crippen LogP contribution in [0.25, 0.3) is 0 Å². The number of hydrogen-bond donors (Lipinski definition) is 2. The third kappa shape index (κ3) is 6.26. The Bertz CT molecular complexity index is 751. The summed E-state index contributed by atoms with van der Waals surface area (Å²) in [6.45, 7) is 3.08. The van der Waals surface area contributed by atoms with Gasteiger partial charge in [0.05, 0.1) is 0 Å². The minimum Gasteiger partial charge on any atom is -0.463 e. The van der Waals surface area contributed by atoms with E-state index in [9.17, 15) is 24.3 Å². The van der Waals surface area contributed by atoms with Gasteiger partial charge in [-0.2, -0.15) is 0 Å². The van der Waals surface area contributed by atoms with Crippen molar-refractivity contribution >= 4 is 23.8 Å². The maximum absolute atomic E-state index is 12.5. The van der Waals surface area contributed by atoms with E-state index < -0.39 is 54.5 Å². The van der Waals surface area contributed by atoms with Gasteiger partial charge in [0.15, 0.2) is 18.5 Å². The fourth-order valence-corrected chi connectivity index (χ4v) is 2.90. The number of rotatable bonds is 6. The summed E-state index contributed by atoms with van der Waals surface area (Å²) >= 11 is 0. The van der Waals surface area contributed by atoms with Gasteiger partial charge < -0.3 is 29.4 Å². The van der Waals surface area contributed by atoms with Crippen molar-refractivity contribution in [2.24, 2.45) is 0 Å². The van der Waals surface area contributed by atoms with Crippen LogP contribution in [0.15, 0.2) is 30.3 Å². The summed E-state index contributed by atoms with van der Waals surface area (Å²) in [5.74, 6) is -2.62. The van der Waals surface area contributed by atoms with E-state index in [1.54, 1.807) is 30.3 Å². The zero-order valence-corrected chi connectivity index (χ0v) is 16.2. The molecule has 0 aromatic heterocycles. The van der Waals surface area contributed by atoms with Crippen LogP contribution in [0.3, 0.4) is 0 Å². The van der Waals surface area contributed by atoms with E-state index in [0.717, 1.165) is 13.8 Å². The van der Waals surface area contributed by atoms with Crippen molar-refractivity contribution in [2.75, 3.05) is 6.61 Å². The topological polar surface area (TPSA) is 137 Å². The van der Waals surface area contributed by atoms with E-state index in [-0.39, 0.29) is 6.61 Å². The summed E-state index contributed by atoms with van der Waals surface area (Å²) in [4.78, 5) is 46.9. The molecule has 0 saturated carbocycles. The summed E-state index contributed by atoms with van der Waals surface area (Å²) in [6, 6.07) is 6.91. The highest BCUT2D eigenvalue weighted by molar-refractivity contribution is 5.94. The molecule has 0 unspecified atom stereocenters. The van der Waals surface area contributed by atoms with Crippen LogP contribution < -0.4 is 5.32 Å². The van der Waals surface area contributed by atoms with E-state index in [2.05, 4.69) is 5.32 Å². The summed E-state index contributed by atoms with van der Waals surface area (Å²) in [5.41, 5.74) is 0.298. The molecule has 2 rings (SSSR count). The Labute approximate surface area is 167 Å². The van der Waals surface area contributed by atoms with Gasteiger partial charge in [0.2, 0.25) is 0 Å². The van der Waals surface area contributed by atoms with Gasteiger partial charge >= 0.3 is 17.9 Å². The van der Waals surface area contributed by atoms with E-state index in [1.165, 1.54) is 6.92 Å². The number of benzene rings is 1. The van der Waals surface area contributed by atoms with Crippen molar-refractivity contribution in [3.8, 4) is 0 Å². The van der Waals surface area contributed by atoms with Crippen LogP contribution in [0.2, 0.25) is 0 Å². The summed E-state index contributed by atoms with van der Waals surface area (Å²) < 4.78 is 20.8. The maximum atomic E-state index is 12.5. The van der Waals surface area contributed by atoms with E-state index in [1.807, 2.05) is 0 Å². The van der Waals surface area contributed by atoms with E-state index >= 15 is 0 Å². The van der Waals surface area contributed by atoms with Gasteiger partial charge in [-0.3, -0.25) is 19.2 Å². The first-order valence-corrected chi connectivity index (χ1v) is 8.86. The molecule has 1 aromatic carbocycles. The quantitative estimate of drug-likeness (QED) is 0.488. The molecular weight excluding hydrogens is 386 g/mol. The second kappa shape index (κ2) is 9.99. The number of ether oxygens (including phenoxy) is 4. The first-order valence-electron chi connectivity index (χ1n) is 8.86. The average molecular weight is 409 g/mol. The second-order valence-electron chi connectivity index (χ2n) is 6.38. The Balaban J connectivity index is 2.30. The molecule has 1 aliphatic heterocycles. The molecule has 1 saturated heterocycles. The smallest absolute Gasteiger partial charge is 0.303 e. The number of hydrogen-bond acceptors (Lipinski definition) is 9. The predicted octanol–water partition coefficient (Wildman–Crippen LogP) is -0.0713. The fraction of sp³-hybridized carbons (Fsp3) is 0.474. The molecule has 1 aliphatic rings. The number of aliphatic hydroxyl groups excluding tert-OH is 1. The molecule has 10 heteroatoms. The Morgan fingerprint density at radius 3 is 2.10 bits per heavy atom. The highest BCUT2D eigenvalue weighted by atomic mass is 16.7. The summed E-state index contributed by atoms with van der Waals surface area (Å²) in [5, 5.41) is 13.0. The Morgan fingerprint density at radius 1 is 0.966 bits per heavy atom. The van der Waals surface area contributed by atoms with E-state index in [0.29, 0.717) is 5.56 Å². The van der Waals surface area contributed by atoms with Crippen LogP contribution in [0, 0.1) is 0 Å². The van der Waals surface area contributed by atoms with Crippen molar-refractivity contribution in [1.29, 1.82) is 0 Å². The molecule has 29 heavy (non-hydrogen) atoms. The predicted molar refractivity (Wildman–Crippen MR) is 96.3 cm³/mol. The van der Waals surface area contributed by atoms with Crippen LogP contribution in [0.4, 0.5) is 0 Å². The van der Waals surface area contributed by atoms with E-state index in [4.69, 9.17) is 18.9 Å². The first kappa shape index (κ1) is 22.3. The van der Waals surface area contributed by atoms with Crippen LogP contribution in [0.5, 0.6) is 0 Å². The number of carbonyl (C=O) groups excluding carboxylic acids is 4. The lowest BCUT2D eigenvalue weighted by Gasteiger charge is -2.43. The molecule has 1 aromatic rings. The Kier molecular flexibility index (Phi) is 7.68. The van der Waals surface area contributed by atoms with Gasteiger partial charge in [0.25, 0.3) is 5.91 Å².